The molecule has 1 aromatic heterocycles. The van der Waals surface area contributed by atoms with Crippen LogP contribution in [0.3, 0.4) is 0 Å². The highest BCUT2D eigenvalue weighted by Gasteiger charge is 2.34. The third kappa shape index (κ3) is 5.11. The fourth-order valence-corrected chi connectivity index (χ4v) is 5.83. The molecule has 3 aliphatic rings. The number of hydrogen-bond acceptors (Lipinski definition) is 6. The second-order valence-corrected chi connectivity index (χ2v) is 10.4. The van der Waals surface area contributed by atoms with Gasteiger partial charge in [0.15, 0.2) is 0 Å². The Morgan fingerprint density at radius 2 is 2.00 bits per heavy atom. The Bertz CT molecular complexity index is 1110. The summed E-state index contributed by atoms with van der Waals surface area (Å²) in [6.07, 6.45) is 4.58. The number of aliphatic hydroxyl groups excluding tert-OH is 1. The number of carbonyl (C=O) groups excluding carboxylic acids is 2. The molecule has 36 heavy (non-hydrogen) atoms. The first-order valence-corrected chi connectivity index (χ1v) is 13.2. The van der Waals surface area contributed by atoms with Crippen LogP contribution in [-0.2, 0) is 17.8 Å². The molecule has 1 aromatic carbocycles. The van der Waals surface area contributed by atoms with Crippen molar-refractivity contribution < 1.29 is 14.7 Å². The molecule has 0 spiro atoms. The smallest absolute Gasteiger partial charge is 0.254 e. The lowest BCUT2D eigenvalue weighted by Gasteiger charge is -2.38. The number of benzene rings is 1. The van der Waals surface area contributed by atoms with Gasteiger partial charge in [0, 0.05) is 69.4 Å². The van der Waals surface area contributed by atoms with Crippen LogP contribution in [0.1, 0.15) is 66.1 Å². The molecule has 2 aromatic rings. The quantitative estimate of drug-likeness (QED) is 0.575. The average Bonchev–Trinajstić information content (AvgIpc) is 2.90. The normalized spacial score (nSPS) is 23.1. The predicted octanol–water partition coefficient (Wildman–Crippen LogP) is 2.53. The molecule has 5 rings (SSSR count). The lowest BCUT2D eigenvalue weighted by atomic mass is 9.88. The largest absolute Gasteiger partial charge is 0.390 e. The summed E-state index contributed by atoms with van der Waals surface area (Å²) in [6.45, 7) is 6.86. The van der Waals surface area contributed by atoms with Crippen LogP contribution in [0.15, 0.2) is 36.5 Å². The van der Waals surface area contributed by atoms with Gasteiger partial charge in [0.05, 0.1) is 6.10 Å². The van der Waals surface area contributed by atoms with E-state index in [1.165, 1.54) is 11.1 Å². The summed E-state index contributed by atoms with van der Waals surface area (Å²) < 4.78 is 0. The maximum atomic E-state index is 13.6. The van der Waals surface area contributed by atoms with Gasteiger partial charge < -0.3 is 25.5 Å². The molecule has 3 N–H and O–H groups in total. The Hall–Kier alpha value is -2.97. The van der Waals surface area contributed by atoms with Gasteiger partial charge in [0.1, 0.15) is 5.82 Å². The molecule has 192 valence electrons. The number of pyridine rings is 1. The van der Waals surface area contributed by atoms with Gasteiger partial charge in [0.25, 0.3) is 5.91 Å². The highest BCUT2D eigenvalue weighted by atomic mass is 16.3. The lowest BCUT2D eigenvalue weighted by molar-refractivity contribution is -0.129. The summed E-state index contributed by atoms with van der Waals surface area (Å²) >= 11 is 0. The molecule has 0 aliphatic carbocycles. The summed E-state index contributed by atoms with van der Waals surface area (Å²) in [7, 11) is 0. The van der Waals surface area contributed by atoms with E-state index in [9.17, 15) is 14.7 Å². The van der Waals surface area contributed by atoms with E-state index in [0.29, 0.717) is 24.5 Å². The molecule has 3 unspecified atom stereocenters. The van der Waals surface area contributed by atoms with Crippen molar-refractivity contribution in [1.82, 2.24) is 20.1 Å². The van der Waals surface area contributed by atoms with Crippen LogP contribution < -0.4 is 10.6 Å². The molecule has 4 heterocycles. The number of carbonyl (C=O) groups is 2. The number of fused-ring (bicyclic) bond motifs is 2. The van der Waals surface area contributed by atoms with E-state index in [4.69, 9.17) is 0 Å². The number of β-amino-alcohol motifs (C(OH)–C–C–N with tert-alkyl or cyclic N) is 1. The second kappa shape index (κ2) is 10.6. The van der Waals surface area contributed by atoms with Crippen molar-refractivity contribution in [3.63, 3.8) is 0 Å². The number of nitrogens with zero attached hydrogens (tertiary/aromatic N) is 3. The number of piperidine rings is 1. The van der Waals surface area contributed by atoms with Crippen LogP contribution in [0.2, 0.25) is 0 Å². The van der Waals surface area contributed by atoms with Gasteiger partial charge in [-0.25, -0.2) is 4.98 Å². The molecule has 3 aliphatic heterocycles. The fourth-order valence-electron chi connectivity index (χ4n) is 5.83. The minimum atomic E-state index is -0.646. The van der Waals surface area contributed by atoms with Crippen LogP contribution >= 0.6 is 0 Å². The molecule has 0 bridgehead atoms. The Labute approximate surface area is 213 Å². The Balaban J connectivity index is 1.27. The molecular formula is C28H37N5O3. The van der Waals surface area contributed by atoms with E-state index < -0.39 is 6.10 Å². The number of aliphatic hydroxyl groups is 1. The van der Waals surface area contributed by atoms with E-state index >= 15 is 0 Å². The molecule has 2 amide bonds. The number of nitrogens with one attached hydrogen (secondary N) is 2. The van der Waals surface area contributed by atoms with Crippen molar-refractivity contribution in [1.29, 1.82) is 0 Å². The number of likely N-dealkylation sites (tertiary alicyclic amines) is 1. The summed E-state index contributed by atoms with van der Waals surface area (Å²) in [6, 6.07) is 10.3. The lowest BCUT2D eigenvalue weighted by Crippen LogP contribution is -2.52. The number of rotatable bonds is 6. The van der Waals surface area contributed by atoms with E-state index in [1.54, 1.807) is 6.92 Å². The molecule has 1 fully saturated rings. The highest BCUT2D eigenvalue weighted by Crippen LogP contribution is 2.32. The maximum Gasteiger partial charge on any atom is 0.254 e. The fraction of sp³-hybridized carbons (Fsp3) is 0.536. The molecule has 0 saturated carbocycles. The average molecular weight is 492 g/mol. The first-order chi connectivity index (χ1) is 17.4. The van der Waals surface area contributed by atoms with Gasteiger partial charge >= 0.3 is 0 Å². The number of anilines is 1. The molecule has 0 radical (unpaired) electrons. The van der Waals surface area contributed by atoms with Crippen LogP contribution in [0.5, 0.6) is 0 Å². The van der Waals surface area contributed by atoms with Gasteiger partial charge in [-0.1, -0.05) is 31.2 Å². The molecular weight excluding hydrogens is 454 g/mol. The van der Waals surface area contributed by atoms with Gasteiger partial charge in [-0.15, -0.1) is 0 Å². The Kier molecular flexibility index (Phi) is 7.25. The zero-order valence-corrected chi connectivity index (χ0v) is 21.2. The first kappa shape index (κ1) is 24.7. The third-order valence-corrected chi connectivity index (χ3v) is 8.10. The molecule has 1 saturated heterocycles. The van der Waals surface area contributed by atoms with E-state index in [0.717, 1.165) is 50.9 Å². The Morgan fingerprint density at radius 3 is 2.72 bits per heavy atom. The van der Waals surface area contributed by atoms with Crippen molar-refractivity contribution in [2.24, 2.45) is 0 Å². The van der Waals surface area contributed by atoms with Crippen molar-refractivity contribution in [3.8, 4) is 0 Å². The van der Waals surface area contributed by atoms with Gasteiger partial charge in [-0.3, -0.25) is 9.59 Å². The van der Waals surface area contributed by atoms with Crippen molar-refractivity contribution in [3.05, 3.63) is 58.8 Å². The van der Waals surface area contributed by atoms with Crippen molar-refractivity contribution in [2.45, 2.75) is 70.2 Å². The van der Waals surface area contributed by atoms with Crippen LogP contribution in [0, 0.1) is 0 Å². The standard InChI is InChI=1S/C28H37N5O3/c1-3-19-16-33(17-26(35)25-12-20-6-4-5-7-21(20)14-29-25)28(36)23-13-27(30-15-24(19)23)31-22-8-10-32(11-9-22)18(2)34/h4-7,13,15,19,22,25-26,29,35H,3,8-12,14,16-17H2,1-2H3,(H,30,31). The van der Waals surface area contributed by atoms with E-state index in [-0.39, 0.29) is 29.8 Å². The summed E-state index contributed by atoms with van der Waals surface area (Å²) in [5.74, 6) is 0.977. The van der Waals surface area contributed by atoms with Crippen molar-refractivity contribution >= 4 is 17.6 Å². The first-order valence-electron chi connectivity index (χ1n) is 13.2. The topological polar surface area (TPSA) is 97.8 Å². The van der Waals surface area contributed by atoms with Gasteiger partial charge in [0.2, 0.25) is 5.91 Å². The van der Waals surface area contributed by atoms with Gasteiger partial charge in [-0.05, 0) is 48.4 Å². The second-order valence-electron chi connectivity index (χ2n) is 10.4. The summed E-state index contributed by atoms with van der Waals surface area (Å²) in [5, 5.41) is 18.0. The maximum absolute atomic E-state index is 13.6. The summed E-state index contributed by atoms with van der Waals surface area (Å²) in [4.78, 5) is 33.5. The van der Waals surface area contributed by atoms with E-state index in [2.05, 4.69) is 34.7 Å². The SMILES string of the molecule is CCC1CN(CC(O)C2Cc3ccccc3CN2)C(=O)c2cc(NC3CCN(C(C)=O)CC3)ncc21. The zero-order valence-electron chi connectivity index (χ0n) is 21.2. The third-order valence-electron chi connectivity index (χ3n) is 8.10. The molecule has 3 atom stereocenters. The minimum Gasteiger partial charge on any atom is -0.390 e. The highest BCUT2D eigenvalue weighted by molar-refractivity contribution is 5.97. The number of hydrogen-bond donors (Lipinski definition) is 3. The number of amides is 2. The summed E-state index contributed by atoms with van der Waals surface area (Å²) in [5.41, 5.74) is 4.21. The van der Waals surface area contributed by atoms with Gasteiger partial charge in [-0.2, -0.15) is 0 Å². The molecule has 8 nitrogen and oxygen atoms in total. The minimum absolute atomic E-state index is 0.0400. The Morgan fingerprint density at radius 1 is 1.25 bits per heavy atom. The number of aromatic nitrogens is 1. The molecule has 8 heteroatoms. The van der Waals surface area contributed by atoms with Crippen LogP contribution in [0.4, 0.5) is 5.82 Å². The van der Waals surface area contributed by atoms with E-state index in [1.807, 2.05) is 34.2 Å². The monoisotopic (exact) mass is 491 g/mol. The van der Waals surface area contributed by atoms with Crippen LogP contribution in [-0.4, -0.2) is 76.1 Å². The zero-order chi connectivity index (χ0) is 25.2. The van der Waals surface area contributed by atoms with Crippen LogP contribution in [0.25, 0.3) is 0 Å². The van der Waals surface area contributed by atoms with Crippen molar-refractivity contribution in [2.75, 3.05) is 31.5 Å². The predicted molar refractivity (Wildman–Crippen MR) is 139 cm³/mol.